The molecule has 0 amide bonds. The van der Waals surface area contributed by atoms with Crippen LogP contribution in [-0.2, 0) is 9.47 Å². The van der Waals surface area contributed by atoms with Gasteiger partial charge in [0.25, 0.3) is 0 Å². The molecule has 0 spiro atoms. The first-order valence-corrected chi connectivity index (χ1v) is 6.95. The molecule has 1 saturated heterocycles. The Bertz CT molecular complexity index is 246. The van der Waals surface area contributed by atoms with Gasteiger partial charge in [0.05, 0.1) is 17.8 Å². The number of methoxy groups -OCH3 is 1. The summed E-state index contributed by atoms with van der Waals surface area (Å²) in [6, 6.07) is 0.439. The molecule has 0 aromatic rings. The zero-order valence-electron chi connectivity index (χ0n) is 12.7. The lowest BCUT2D eigenvalue weighted by molar-refractivity contribution is -0.0816. The summed E-state index contributed by atoms with van der Waals surface area (Å²) in [5.74, 6) is 0. The van der Waals surface area contributed by atoms with E-state index >= 15 is 0 Å². The zero-order valence-corrected chi connectivity index (χ0v) is 12.7. The highest BCUT2D eigenvalue weighted by molar-refractivity contribution is 5.00. The van der Waals surface area contributed by atoms with Gasteiger partial charge in [0, 0.05) is 19.7 Å². The highest BCUT2D eigenvalue weighted by Gasteiger charge is 2.47. The Balaban J connectivity index is 2.70. The van der Waals surface area contributed by atoms with Crippen LogP contribution in [0.25, 0.3) is 0 Å². The van der Waals surface area contributed by atoms with E-state index in [4.69, 9.17) is 15.2 Å². The molecule has 18 heavy (non-hydrogen) atoms. The second-order valence-electron chi connectivity index (χ2n) is 6.36. The fourth-order valence-corrected chi connectivity index (χ4v) is 3.03. The average Bonchev–Trinajstić information content (AvgIpc) is 2.47. The molecule has 1 aliphatic heterocycles. The lowest BCUT2D eigenvalue weighted by atomic mass is 9.92. The molecule has 0 radical (unpaired) electrons. The minimum atomic E-state index is -0.105. The molecule has 1 rings (SSSR count). The SMILES string of the molecule is COCCN(CCCN)C1CC(C)(C)OC1(C)C. The molecular weight excluding hydrogens is 228 g/mol. The van der Waals surface area contributed by atoms with Crippen molar-refractivity contribution >= 4 is 0 Å². The van der Waals surface area contributed by atoms with Crippen LogP contribution in [0.4, 0.5) is 0 Å². The van der Waals surface area contributed by atoms with Crippen LogP contribution in [0.15, 0.2) is 0 Å². The highest BCUT2D eigenvalue weighted by Crippen LogP contribution is 2.40. The second-order valence-corrected chi connectivity index (χ2v) is 6.36. The van der Waals surface area contributed by atoms with Gasteiger partial charge in [0.1, 0.15) is 0 Å². The summed E-state index contributed by atoms with van der Waals surface area (Å²) in [4.78, 5) is 2.48. The minimum absolute atomic E-state index is 0.0395. The third kappa shape index (κ3) is 4.19. The molecule has 1 heterocycles. The van der Waals surface area contributed by atoms with Crippen LogP contribution >= 0.6 is 0 Å². The third-order valence-electron chi connectivity index (χ3n) is 3.70. The van der Waals surface area contributed by atoms with Crippen molar-refractivity contribution in [2.75, 3.05) is 33.4 Å². The van der Waals surface area contributed by atoms with E-state index in [0.29, 0.717) is 6.04 Å². The standard InChI is InChI=1S/C14H30N2O2/c1-13(2)11-12(14(3,4)18-13)16(8-6-7-15)9-10-17-5/h12H,6-11,15H2,1-5H3. The molecule has 1 unspecified atom stereocenters. The van der Waals surface area contributed by atoms with Crippen LogP contribution in [0.3, 0.4) is 0 Å². The maximum Gasteiger partial charge on any atom is 0.0789 e. The fourth-order valence-electron chi connectivity index (χ4n) is 3.03. The summed E-state index contributed by atoms with van der Waals surface area (Å²) in [5.41, 5.74) is 5.49. The van der Waals surface area contributed by atoms with Crippen LogP contribution in [0.1, 0.15) is 40.5 Å². The number of hydrogen-bond donors (Lipinski definition) is 1. The van der Waals surface area contributed by atoms with E-state index in [9.17, 15) is 0 Å². The largest absolute Gasteiger partial charge is 0.383 e. The van der Waals surface area contributed by atoms with E-state index in [2.05, 4.69) is 32.6 Å². The Kier molecular flexibility index (Phi) is 5.59. The summed E-state index contributed by atoms with van der Waals surface area (Å²) in [5, 5.41) is 0. The van der Waals surface area contributed by atoms with Gasteiger partial charge < -0.3 is 15.2 Å². The number of nitrogens with two attached hydrogens (primary N) is 1. The third-order valence-corrected chi connectivity index (χ3v) is 3.70. The lowest BCUT2D eigenvalue weighted by Gasteiger charge is -2.36. The van der Waals surface area contributed by atoms with Crippen molar-refractivity contribution in [2.24, 2.45) is 5.73 Å². The van der Waals surface area contributed by atoms with Gasteiger partial charge in [-0.3, -0.25) is 4.90 Å². The summed E-state index contributed by atoms with van der Waals surface area (Å²) in [7, 11) is 1.75. The van der Waals surface area contributed by atoms with E-state index in [1.165, 1.54) is 0 Å². The molecule has 1 aliphatic rings. The zero-order chi connectivity index (χ0) is 13.8. The first kappa shape index (κ1) is 15.9. The molecule has 0 aromatic heterocycles. The Morgan fingerprint density at radius 3 is 2.39 bits per heavy atom. The normalized spacial score (nSPS) is 25.8. The van der Waals surface area contributed by atoms with Gasteiger partial charge in [-0.1, -0.05) is 0 Å². The predicted octanol–water partition coefficient (Wildman–Crippen LogP) is 1.63. The van der Waals surface area contributed by atoms with Crippen molar-refractivity contribution in [1.29, 1.82) is 0 Å². The molecule has 0 aromatic carbocycles. The van der Waals surface area contributed by atoms with E-state index in [1.807, 2.05) is 0 Å². The van der Waals surface area contributed by atoms with Crippen molar-refractivity contribution in [1.82, 2.24) is 4.90 Å². The van der Waals surface area contributed by atoms with Gasteiger partial charge in [0.15, 0.2) is 0 Å². The van der Waals surface area contributed by atoms with Crippen molar-refractivity contribution in [3.8, 4) is 0 Å². The molecule has 4 heteroatoms. The fraction of sp³-hybridized carbons (Fsp3) is 1.00. The number of rotatable bonds is 7. The molecule has 2 N–H and O–H groups in total. The van der Waals surface area contributed by atoms with E-state index < -0.39 is 0 Å². The lowest BCUT2D eigenvalue weighted by Crippen LogP contribution is -2.48. The van der Waals surface area contributed by atoms with Crippen LogP contribution in [0.5, 0.6) is 0 Å². The summed E-state index contributed by atoms with van der Waals surface area (Å²) < 4.78 is 11.4. The van der Waals surface area contributed by atoms with E-state index in [1.54, 1.807) is 7.11 Å². The molecule has 4 nitrogen and oxygen atoms in total. The Labute approximate surface area is 112 Å². The Morgan fingerprint density at radius 1 is 1.28 bits per heavy atom. The van der Waals surface area contributed by atoms with Gasteiger partial charge >= 0.3 is 0 Å². The predicted molar refractivity (Wildman–Crippen MR) is 74.8 cm³/mol. The van der Waals surface area contributed by atoms with Gasteiger partial charge in [-0.2, -0.15) is 0 Å². The molecule has 108 valence electrons. The van der Waals surface area contributed by atoms with Gasteiger partial charge in [-0.15, -0.1) is 0 Å². The number of ether oxygens (including phenoxy) is 2. The maximum atomic E-state index is 6.18. The van der Waals surface area contributed by atoms with Crippen LogP contribution in [0, 0.1) is 0 Å². The number of hydrogen-bond acceptors (Lipinski definition) is 4. The highest BCUT2D eigenvalue weighted by atomic mass is 16.5. The maximum absolute atomic E-state index is 6.18. The minimum Gasteiger partial charge on any atom is -0.383 e. The van der Waals surface area contributed by atoms with Crippen LogP contribution < -0.4 is 5.73 Å². The Morgan fingerprint density at radius 2 is 1.94 bits per heavy atom. The first-order valence-electron chi connectivity index (χ1n) is 6.95. The topological polar surface area (TPSA) is 47.7 Å². The molecule has 0 saturated carbocycles. The van der Waals surface area contributed by atoms with E-state index in [-0.39, 0.29) is 11.2 Å². The molecule has 0 aliphatic carbocycles. The summed E-state index contributed by atoms with van der Waals surface area (Å²) in [6.45, 7) is 12.2. The van der Waals surface area contributed by atoms with E-state index in [0.717, 1.165) is 39.1 Å². The molecule has 1 fully saturated rings. The van der Waals surface area contributed by atoms with Crippen LogP contribution in [0.2, 0.25) is 0 Å². The van der Waals surface area contributed by atoms with Crippen molar-refractivity contribution < 1.29 is 9.47 Å². The molecule has 0 bridgehead atoms. The second kappa shape index (κ2) is 6.33. The summed E-state index contributed by atoms with van der Waals surface area (Å²) >= 11 is 0. The van der Waals surface area contributed by atoms with Crippen molar-refractivity contribution in [3.63, 3.8) is 0 Å². The van der Waals surface area contributed by atoms with Gasteiger partial charge in [-0.05, 0) is 53.6 Å². The smallest absolute Gasteiger partial charge is 0.0789 e. The summed E-state index contributed by atoms with van der Waals surface area (Å²) in [6.07, 6.45) is 2.09. The monoisotopic (exact) mass is 258 g/mol. The van der Waals surface area contributed by atoms with Crippen LogP contribution in [-0.4, -0.2) is 55.5 Å². The number of nitrogens with zero attached hydrogens (tertiary/aromatic N) is 1. The van der Waals surface area contributed by atoms with Crippen molar-refractivity contribution in [2.45, 2.75) is 57.8 Å². The van der Waals surface area contributed by atoms with Gasteiger partial charge in [0.2, 0.25) is 0 Å². The first-order chi connectivity index (χ1) is 8.32. The molecule has 1 atom stereocenters. The average molecular weight is 258 g/mol. The Hall–Kier alpha value is -0.160. The van der Waals surface area contributed by atoms with Crippen molar-refractivity contribution in [3.05, 3.63) is 0 Å². The quantitative estimate of drug-likeness (QED) is 0.754. The molecular formula is C14H30N2O2. The van der Waals surface area contributed by atoms with Gasteiger partial charge in [-0.25, -0.2) is 0 Å².